The van der Waals surface area contributed by atoms with E-state index in [1.807, 2.05) is 4.98 Å². The Bertz CT molecular complexity index is 1520. The molecule has 0 aliphatic carbocycles. The molecule has 0 saturated carbocycles. The lowest BCUT2D eigenvalue weighted by molar-refractivity contribution is -0.174. The number of aromatic nitrogens is 2. The van der Waals surface area contributed by atoms with Crippen LogP contribution in [-0.2, 0) is 46.0 Å². The second kappa shape index (κ2) is 13.6. The van der Waals surface area contributed by atoms with Gasteiger partial charge in [0, 0.05) is 12.3 Å². The number of aliphatic hydroxyl groups excluding tert-OH is 1. The topological polar surface area (TPSA) is 222 Å². The number of aliphatic hydroxyl groups is 1. The van der Waals surface area contributed by atoms with Crippen LogP contribution in [0.1, 0.15) is 17.4 Å². The average Bonchev–Trinajstić information content (AvgIpc) is 3.26. The first-order valence-corrected chi connectivity index (χ1v) is 13.7. The molecule has 5 atom stereocenters. The van der Waals surface area contributed by atoms with Crippen LogP contribution in [0.4, 0.5) is 9.59 Å². The molecule has 1 aromatic heterocycles. The second-order valence-corrected chi connectivity index (χ2v) is 9.90. The van der Waals surface area contributed by atoms with E-state index in [1.54, 1.807) is 60.7 Å². The number of ether oxygens (including phenoxy) is 5. The van der Waals surface area contributed by atoms with Crippen molar-refractivity contribution < 1.29 is 57.3 Å². The van der Waals surface area contributed by atoms with Gasteiger partial charge in [-0.15, -0.1) is 0 Å². The maximum absolute atomic E-state index is 12.6. The molecule has 42 heavy (non-hydrogen) atoms. The fourth-order valence-electron chi connectivity index (χ4n) is 3.88. The van der Waals surface area contributed by atoms with Crippen molar-refractivity contribution >= 4 is 20.1 Å². The highest BCUT2D eigenvalue weighted by Gasteiger charge is 2.54. The Morgan fingerprint density at radius 3 is 2.05 bits per heavy atom. The molecule has 16 nitrogen and oxygen atoms in total. The third-order valence-electron chi connectivity index (χ3n) is 5.73. The summed E-state index contributed by atoms with van der Waals surface area (Å²) in [5, 5.41) is 11.0. The van der Waals surface area contributed by atoms with Crippen molar-refractivity contribution in [1.29, 1.82) is 0 Å². The van der Waals surface area contributed by atoms with E-state index in [9.17, 15) is 38.6 Å². The smallest absolute Gasteiger partial charge is 0.429 e. The zero-order chi connectivity index (χ0) is 30.3. The van der Waals surface area contributed by atoms with Crippen LogP contribution in [0, 0.1) is 0 Å². The first-order valence-electron chi connectivity index (χ1n) is 12.1. The first-order chi connectivity index (χ1) is 20.0. The standard InChI is InChI=1S/C25H25N2O14P/c28-17-11-12-27(23(30)26-17)21-18(29)19(39-24(31)36-13-15-7-3-1-4-8-15)20(38-21)22(41-42(33,34)35)40-25(32)37-14-16-9-5-2-6-10-16/h1-12,18-22,29H,13-14H2,(H,26,28,30)(H2,33,34,35)/t18-,19+,20+,21-,22?/m1/s1. The molecule has 0 amide bonds. The van der Waals surface area contributed by atoms with Crippen molar-refractivity contribution in [2.24, 2.45) is 0 Å². The molecule has 2 heterocycles. The van der Waals surface area contributed by atoms with Gasteiger partial charge in [0.25, 0.3) is 5.56 Å². The van der Waals surface area contributed by atoms with Crippen LogP contribution in [0.5, 0.6) is 0 Å². The van der Waals surface area contributed by atoms with E-state index in [-0.39, 0.29) is 13.2 Å². The summed E-state index contributed by atoms with van der Waals surface area (Å²) < 4.78 is 42.8. The van der Waals surface area contributed by atoms with E-state index in [0.717, 1.165) is 12.3 Å². The molecule has 2 aromatic carbocycles. The molecule has 3 aromatic rings. The number of nitrogens with zero attached hydrogens (tertiary/aromatic N) is 1. The Balaban J connectivity index is 1.58. The molecule has 4 rings (SSSR count). The number of phosphoric ester groups is 1. The van der Waals surface area contributed by atoms with Gasteiger partial charge in [-0.2, -0.15) is 0 Å². The second-order valence-electron chi connectivity index (χ2n) is 8.71. The van der Waals surface area contributed by atoms with Gasteiger partial charge in [-0.25, -0.2) is 23.5 Å². The Labute approximate surface area is 236 Å². The van der Waals surface area contributed by atoms with Crippen molar-refractivity contribution in [2.75, 3.05) is 0 Å². The number of benzene rings is 2. The summed E-state index contributed by atoms with van der Waals surface area (Å²) >= 11 is 0. The lowest BCUT2D eigenvalue weighted by Crippen LogP contribution is -2.45. The van der Waals surface area contributed by atoms with Crippen molar-refractivity contribution in [2.45, 2.75) is 44.0 Å². The number of nitrogens with one attached hydrogen (secondary N) is 1. The minimum atomic E-state index is -5.43. The zero-order valence-corrected chi connectivity index (χ0v) is 22.4. The van der Waals surface area contributed by atoms with Gasteiger partial charge < -0.3 is 38.6 Å². The summed E-state index contributed by atoms with van der Waals surface area (Å²) in [6, 6.07) is 17.7. The predicted octanol–water partition coefficient (Wildman–Crippen LogP) is 1.31. The highest BCUT2D eigenvalue weighted by molar-refractivity contribution is 7.46. The minimum absolute atomic E-state index is 0.248. The van der Waals surface area contributed by atoms with Gasteiger partial charge in [0.05, 0.1) is 0 Å². The van der Waals surface area contributed by atoms with E-state index >= 15 is 0 Å². The molecule has 1 aliphatic rings. The van der Waals surface area contributed by atoms with Crippen LogP contribution in [0.15, 0.2) is 82.5 Å². The summed E-state index contributed by atoms with van der Waals surface area (Å²) in [7, 11) is -5.43. The maximum atomic E-state index is 12.6. The van der Waals surface area contributed by atoms with Gasteiger partial charge in [-0.1, -0.05) is 60.7 Å². The molecule has 1 saturated heterocycles. The lowest BCUT2D eigenvalue weighted by Gasteiger charge is -2.26. The van der Waals surface area contributed by atoms with E-state index < -0.39 is 62.2 Å². The minimum Gasteiger partial charge on any atom is -0.429 e. The Morgan fingerprint density at radius 2 is 1.50 bits per heavy atom. The summed E-state index contributed by atoms with van der Waals surface area (Å²) in [6.45, 7) is -0.543. The van der Waals surface area contributed by atoms with Gasteiger partial charge in [0.2, 0.25) is 6.29 Å². The molecule has 1 unspecified atom stereocenters. The van der Waals surface area contributed by atoms with Crippen LogP contribution in [0.3, 0.4) is 0 Å². The van der Waals surface area contributed by atoms with Gasteiger partial charge in [-0.05, 0) is 11.1 Å². The summed E-state index contributed by atoms with van der Waals surface area (Å²) in [6.07, 6.45) is -11.7. The van der Waals surface area contributed by atoms with E-state index in [4.69, 9.17) is 23.7 Å². The van der Waals surface area contributed by atoms with Crippen LogP contribution in [0.25, 0.3) is 0 Å². The number of carbonyl (C=O) groups is 2. The molecular weight excluding hydrogens is 583 g/mol. The van der Waals surface area contributed by atoms with Gasteiger partial charge in [0.1, 0.15) is 19.3 Å². The third kappa shape index (κ3) is 8.36. The van der Waals surface area contributed by atoms with Crippen molar-refractivity contribution in [1.82, 2.24) is 9.55 Å². The van der Waals surface area contributed by atoms with Crippen LogP contribution >= 0.6 is 7.82 Å². The van der Waals surface area contributed by atoms with Crippen molar-refractivity contribution in [3.8, 4) is 0 Å². The Hall–Kier alpha value is -4.31. The SMILES string of the molecule is O=C(OCc1ccccc1)OC(OP(=O)(O)O)[C@H]1O[C@@H](n2ccc(=O)[nH]c2=O)[C@H](O)[C@@H]1OC(=O)OCc1ccccc1. The van der Waals surface area contributed by atoms with E-state index in [2.05, 4.69) is 4.52 Å². The van der Waals surface area contributed by atoms with E-state index in [0.29, 0.717) is 15.7 Å². The van der Waals surface area contributed by atoms with Crippen LogP contribution < -0.4 is 11.2 Å². The maximum Gasteiger partial charge on any atom is 0.511 e. The molecule has 17 heteroatoms. The van der Waals surface area contributed by atoms with Crippen molar-refractivity contribution in [3.63, 3.8) is 0 Å². The molecular formula is C25H25N2O14P. The Morgan fingerprint density at radius 1 is 0.929 bits per heavy atom. The fraction of sp³-hybridized carbons (Fsp3) is 0.280. The number of hydrogen-bond donors (Lipinski definition) is 4. The van der Waals surface area contributed by atoms with Crippen molar-refractivity contribution in [3.05, 3.63) is 105 Å². The fourth-order valence-corrected chi connectivity index (χ4v) is 4.31. The average molecular weight is 608 g/mol. The number of aromatic amines is 1. The number of hydrogen-bond acceptors (Lipinski definition) is 12. The summed E-state index contributed by atoms with van der Waals surface area (Å²) in [5.74, 6) is 0. The normalized spacial score (nSPS) is 20.8. The first kappa shape index (κ1) is 30.6. The summed E-state index contributed by atoms with van der Waals surface area (Å²) in [5.41, 5.74) is -0.688. The molecule has 1 aliphatic heterocycles. The highest BCUT2D eigenvalue weighted by Crippen LogP contribution is 2.42. The Kier molecular flexibility index (Phi) is 9.90. The molecule has 4 N–H and O–H groups in total. The van der Waals surface area contributed by atoms with Crippen LogP contribution in [0.2, 0.25) is 0 Å². The largest absolute Gasteiger partial charge is 0.511 e. The van der Waals surface area contributed by atoms with E-state index in [1.165, 1.54) is 0 Å². The predicted molar refractivity (Wildman–Crippen MR) is 137 cm³/mol. The number of carbonyl (C=O) groups excluding carboxylic acids is 2. The quantitative estimate of drug-likeness (QED) is 0.145. The molecule has 0 bridgehead atoms. The van der Waals surface area contributed by atoms with Crippen LogP contribution in [-0.4, -0.2) is 61.4 Å². The molecule has 1 fully saturated rings. The number of H-pyrrole nitrogens is 1. The summed E-state index contributed by atoms with van der Waals surface area (Å²) in [4.78, 5) is 69.8. The van der Waals surface area contributed by atoms with Gasteiger partial charge >= 0.3 is 25.8 Å². The van der Waals surface area contributed by atoms with Gasteiger partial charge in [-0.3, -0.25) is 14.3 Å². The monoisotopic (exact) mass is 608 g/mol. The zero-order valence-electron chi connectivity index (χ0n) is 21.5. The molecule has 0 spiro atoms. The molecule has 0 radical (unpaired) electrons. The lowest BCUT2D eigenvalue weighted by atomic mass is 10.1. The highest BCUT2D eigenvalue weighted by atomic mass is 31.2. The molecule has 224 valence electrons. The number of phosphoric acid groups is 1. The third-order valence-corrected chi connectivity index (χ3v) is 6.21. The van der Waals surface area contributed by atoms with Gasteiger partial charge in [0.15, 0.2) is 18.4 Å². The number of rotatable bonds is 10.